The molecule has 0 fully saturated rings. The first-order valence-corrected chi connectivity index (χ1v) is 8.28. The van der Waals surface area contributed by atoms with E-state index in [1.165, 1.54) is 0 Å². The van der Waals surface area contributed by atoms with E-state index in [2.05, 4.69) is 10.6 Å². The Kier molecular flexibility index (Phi) is 5.25. The van der Waals surface area contributed by atoms with Crippen molar-refractivity contribution >= 4 is 17.3 Å². The number of aromatic amines is 1. The van der Waals surface area contributed by atoms with Crippen LogP contribution in [0.25, 0.3) is 5.69 Å². The van der Waals surface area contributed by atoms with Crippen LogP contribution in [0.4, 0.5) is 0 Å². The number of hydrogen-bond acceptors (Lipinski definition) is 3. The van der Waals surface area contributed by atoms with Crippen LogP contribution in [0.3, 0.4) is 0 Å². The molecule has 0 radical (unpaired) electrons. The number of nitrogens with one attached hydrogen (secondary N) is 2. The zero-order valence-electron chi connectivity index (χ0n) is 13.8. The number of para-hydroxylation sites is 1. The lowest BCUT2D eigenvalue weighted by atomic mass is 10.2. The highest BCUT2D eigenvalue weighted by molar-refractivity contribution is 7.80. The predicted octanol–water partition coefficient (Wildman–Crippen LogP) is 1.75. The van der Waals surface area contributed by atoms with E-state index in [9.17, 15) is 4.79 Å². The summed E-state index contributed by atoms with van der Waals surface area (Å²) in [5.41, 5.74) is 1.98. The number of benzene rings is 2. The van der Waals surface area contributed by atoms with Crippen LogP contribution in [-0.2, 0) is 13.1 Å². The molecule has 7 heteroatoms. The van der Waals surface area contributed by atoms with Gasteiger partial charge in [-0.15, -0.1) is 0 Å². The molecule has 0 bridgehead atoms. The molecule has 0 aliphatic rings. The lowest BCUT2D eigenvalue weighted by molar-refractivity contribution is -0.678. The molecule has 0 atom stereocenters. The van der Waals surface area contributed by atoms with Crippen molar-refractivity contribution < 1.29 is 9.20 Å². The smallest absolute Gasteiger partial charge is 0.366 e. The Morgan fingerprint density at radius 1 is 1.12 bits per heavy atom. The quantitative estimate of drug-likeness (QED) is 0.539. The van der Waals surface area contributed by atoms with Crippen molar-refractivity contribution in [2.45, 2.75) is 13.1 Å². The lowest BCUT2D eigenvalue weighted by Crippen LogP contribution is -2.44. The van der Waals surface area contributed by atoms with Crippen molar-refractivity contribution in [2.24, 2.45) is 0 Å². The van der Waals surface area contributed by atoms with Gasteiger partial charge in [0.25, 0.3) is 0 Å². The molecule has 25 heavy (non-hydrogen) atoms. The van der Waals surface area contributed by atoms with Crippen LogP contribution in [0.2, 0.25) is 0 Å². The first kappa shape index (κ1) is 16.9. The molecule has 0 saturated carbocycles. The minimum absolute atomic E-state index is 0.315. The summed E-state index contributed by atoms with van der Waals surface area (Å²) >= 11 is 5.41. The number of nitrogens with zero attached hydrogens (tertiary/aromatic N) is 2. The van der Waals surface area contributed by atoms with E-state index < -0.39 is 5.63 Å². The van der Waals surface area contributed by atoms with Crippen molar-refractivity contribution in [1.82, 2.24) is 15.5 Å². The maximum absolute atomic E-state index is 12.2. The van der Waals surface area contributed by atoms with Gasteiger partial charge in [0.05, 0.1) is 0 Å². The summed E-state index contributed by atoms with van der Waals surface area (Å²) in [5, 5.41) is 6.20. The average molecular weight is 355 g/mol. The van der Waals surface area contributed by atoms with Gasteiger partial charge in [0, 0.05) is 25.7 Å². The van der Waals surface area contributed by atoms with Gasteiger partial charge in [0.2, 0.25) is 5.69 Å². The highest BCUT2D eigenvalue weighted by atomic mass is 32.1. The number of aromatic nitrogens is 2. The van der Waals surface area contributed by atoms with E-state index in [1.807, 2.05) is 65.6 Å². The minimum Gasteiger partial charge on any atom is -0.366 e. The van der Waals surface area contributed by atoms with E-state index >= 15 is 0 Å². The van der Waals surface area contributed by atoms with Crippen molar-refractivity contribution in [3.63, 3.8) is 0 Å². The van der Waals surface area contributed by atoms with Crippen molar-refractivity contribution in [2.75, 3.05) is 7.05 Å². The summed E-state index contributed by atoms with van der Waals surface area (Å²) in [6.07, 6.45) is 0. The minimum atomic E-state index is -0.416. The first-order valence-electron chi connectivity index (χ1n) is 7.87. The summed E-state index contributed by atoms with van der Waals surface area (Å²) < 4.78 is 6.64. The summed E-state index contributed by atoms with van der Waals surface area (Å²) in [6, 6.07) is 19.5. The Morgan fingerprint density at radius 3 is 2.40 bits per heavy atom. The zero-order valence-corrected chi connectivity index (χ0v) is 14.6. The SMILES string of the molecule is CNC(=S)N(Cc1ccccc1)Cc1c(=O)o[nH][n+]1-c1ccccc1. The third-order valence-electron chi connectivity index (χ3n) is 3.81. The molecule has 2 aromatic carbocycles. The molecule has 0 aliphatic heterocycles. The van der Waals surface area contributed by atoms with Crippen LogP contribution in [0.1, 0.15) is 11.3 Å². The number of H-pyrrole nitrogens is 1. The van der Waals surface area contributed by atoms with Crippen LogP contribution >= 0.6 is 12.2 Å². The Balaban J connectivity index is 1.91. The molecular formula is C18H19N4O2S+. The van der Waals surface area contributed by atoms with E-state index in [-0.39, 0.29) is 0 Å². The zero-order chi connectivity index (χ0) is 17.6. The van der Waals surface area contributed by atoms with Crippen LogP contribution in [0, 0.1) is 0 Å². The Hall–Kier alpha value is -2.93. The Morgan fingerprint density at radius 2 is 1.76 bits per heavy atom. The second-order valence-electron chi connectivity index (χ2n) is 5.50. The van der Waals surface area contributed by atoms with E-state index in [0.29, 0.717) is 23.9 Å². The van der Waals surface area contributed by atoms with E-state index in [0.717, 1.165) is 11.3 Å². The van der Waals surface area contributed by atoms with Gasteiger partial charge < -0.3 is 10.2 Å². The standard InChI is InChI=1S/C18H18N4O2S/c1-19-18(25)21(12-14-8-4-2-5-9-14)13-16-17(23)24-20-22(16)15-10-6-3-7-11-15/h2-11H,12-13H2,1H3,(H-,19,20,23,25)/p+1. The van der Waals surface area contributed by atoms with E-state index in [4.69, 9.17) is 16.7 Å². The molecule has 2 N–H and O–H groups in total. The second-order valence-corrected chi connectivity index (χ2v) is 5.88. The third-order valence-corrected chi connectivity index (χ3v) is 4.27. The molecule has 3 rings (SSSR count). The van der Waals surface area contributed by atoms with Gasteiger partial charge in [-0.3, -0.25) is 4.52 Å². The average Bonchev–Trinajstić information content (AvgIpc) is 3.02. The number of rotatable bonds is 5. The molecule has 0 unspecified atom stereocenters. The Labute approximate surface area is 150 Å². The van der Waals surface area contributed by atoms with Crippen molar-refractivity contribution in [3.05, 3.63) is 82.3 Å². The number of hydrogen-bond donors (Lipinski definition) is 2. The monoisotopic (exact) mass is 355 g/mol. The first-order chi connectivity index (χ1) is 12.2. The van der Waals surface area contributed by atoms with Gasteiger partial charge in [0.15, 0.2) is 5.11 Å². The molecule has 1 aromatic heterocycles. The van der Waals surface area contributed by atoms with Crippen LogP contribution in [0.5, 0.6) is 0 Å². The Bertz CT molecular complexity index is 890. The fourth-order valence-electron chi connectivity index (χ4n) is 2.56. The summed E-state index contributed by atoms with van der Waals surface area (Å²) in [6.45, 7) is 0.898. The number of thiocarbonyl (C=S) groups is 1. The largest absolute Gasteiger partial charge is 0.432 e. The maximum atomic E-state index is 12.2. The lowest BCUT2D eigenvalue weighted by Gasteiger charge is -2.22. The normalized spacial score (nSPS) is 10.4. The predicted molar refractivity (Wildman–Crippen MR) is 98.2 cm³/mol. The van der Waals surface area contributed by atoms with E-state index in [1.54, 1.807) is 11.7 Å². The molecule has 1 heterocycles. The summed E-state index contributed by atoms with van der Waals surface area (Å²) in [5.74, 6) is 0. The summed E-state index contributed by atoms with van der Waals surface area (Å²) in [4.78, 5) is 14.1. The van der Waals surface area contributed by atoms with Crippen molar-refractivity contribution in [1.29, 1.82) is 0 Å². The van der Waals surface area contributed by atoms with Crippen molar-refractivity contribution in [3.8, 4) is 5.69 Å². The second kappa shape index (κ2) is 7.76. The third kappa shape index (κ3) is 3.95. The van der Waals surface area contributed by atoms with Crippen LogP contribution in [-0.4, -0.2) is 22.3 Å². The van der Waals surface area contributed by atoms with Gasteiger partial charge in [0.1, 0.15) is 6.54 Å². The molecule has 0 spiro atoms. The van der Waals surface area contributed by atoms with Gasteiger partial charge in [-0.2, -0.15) is 0 Å². The molecule has 0 aliphatic carbocycles. The van der Waals surface area contributed by atoms with Gasteiger partial charge in [-0.05, 0) is 27.7 Å². The molecule has 128 valence electrons. The highest BCUT2D eigenvalue weighted by Gasteiger charge is 2.26. The molecule has 3 aromatic rings. The van der Waals surface area contributed by atoms with Gasteiger partial charge >= 0.3 is 11.3 Å². The van der Waals surface area contributed by atoms with Gasteiger partial charge in [-0.1, -0.05) is 48.5 Å². The molecule has 0 saturated heterocycles. The summed E-state index contributed by atoms with van der Waals surface area (Å²) in [7, 11) is 1.77. The van der Waals surface area contributed by atoms with Crippen LogP contribution in [0.15, 0.2) is 70.0 Å². The maximum Gasteiger partial charge on any atom is 0.432 e. The molecule has 0 amide bonds. The highest BCUT2D eigenvalue weighted by Crippen LogP contribution is 2.08. The molecule has 6 nitrogen and oxygen atoms in total. The fraction of sp³-hybridized carbons (Fsp3) is 0.167. The fourth-order valence-corrected chi connectivity index (χ4v) is 2.68. The molecular weight excluding hydrogens is 336 g/mol. The topological polar surface area (TPSA) is 65.2 Å². The van der Waals surface area contributed by atoms with Gasteiger partial charge in [-0.25, -0.2) is 4.79 Å². The van der Waals surface area contributed by atoms with Crippen LogP contribution < -0.4 is 15.6 Å².